The number of sulfonamides is 3. The number of pyridine rings is 1. The smallest absolute Gasteiger partial charge is 0.242 e. The van der Waals surface area contributed by atoms with Crippen LogP contribution in [0.3, 0.4) is 0 Å². The van der Waals surface area contributed by atoms with Crippen LogP contribution >= 0.6 is 11.6 Å². The van der Waals surface area contributed by atoms with Gasteiger partial charge in [-0.1, -0.05) is 127 Å². The standard InChI is InChI=1S/C27H27ClN6O3S2.C27H28N6O3S2.C26H27N7O3S2/c28-21-5-3-8-24(15-21)39(36,37)32-17-19-9-11-20(12-10-19)25-18-31-27-33-22-6-4-7-23(16-22)38(29,35)14-2-1-13-30-26(25)34-27;28-37(34)16-5-4-15-29-26-25(19-30-27(33-26)32-22-7-6-10-24(37)17-22)21-13-11-20(12-14-21)18-31-38(35,36)23-8-2-1-3-9-23;27-37(34)14-2-1-13-29-25-24(18-30-26(33-25)32-21-5-3-6-22(37)15-21)20-10-8-19(9-11-20)16-31-38(35,36)23-7-4-12-28-17-23/h3-12,15-16,18,29,32H,1-2,13-14,17H2,(H2,30,31,33,34);1-3,6-14,17,19,28,31H,4-5,15-16,18H2,(H2,29,30,32,33);3-12,15,17-18,27,31H,1-2,13-14,16H2,(H2,29,30,32,33). The summed E-state index contributed by atoms with van der Waals surface area (Å²) in [6.45, 7) is 2.24. The predicted octanol–water partition coefficient (Wildman–Crippen LogP) is 15.0. The van der Waals surface area contributed by atoms with Gasteiger partial charge in [0.1, 0.15) is 22.3 Å². The average molecular weight is 1680 g/mol. The van der Waals surface area contributed by atoms with Crippen LogP contribution in [0.1, 0.15) is 55.2 Å². The summed E-state index contributed by atoms with van der Waals surface area (Å²) >= 11 is 5.94. The van der Waals surface area contributed by atoms with Crippen LogP contribution < -0.4 is 46.1 Å². The quantitative estimate of drug-likeness (QED) is 0.0453. The second kappa shape index (κ2) is 36.5. The van der Waals surface area contributed by atoms with Crippen molar-refractivity contribution in [2.45, 2.75) is 87.5 Å². The van der Waals surface area contributed by atoms with Crippen LogP contribution in [0.5, 0.6) is 0 Å². The highest BCUT2D eigenvalue weighted by Gasteiger charge is 2.22. The Morgan fingerprint density at radius 2 is 0.704 bits per heavy atom. The fourth-order valence-corrected chi connectivity index (χ4v) is 20.0. The first-order chi connectivity index (χ1) is 55.3. The van der Waals surface area contributed by atoms with E-state index in [-0.39, 0.29) is 40.1 Å². The first kappa shape index (κ1) is 81.8. The van der Waals surface area contributed by atoms with Crippen molar-refractivity contribution in [2.75, 3.05) is 68.8 Å². The zero-order valence-electron chi connectivity index (χ0n) is 61.8. The average Bonchev–Trinajstić information content (AvgIpc) is 1.59. The summed E-state index contributed by atoms with van der Waals surface area (Å²) in [6, 6.07) is 61.2. The van der Waals surface area contributed by atoms with Gasteiger partial charge in [0.15, 0.2) is 0 Å². The largest absolute Gasteiger partial charge is 0.369 e. The molecule has 8 aromatic carbocycles. The lowest BCUT2D eigenvalue weighted by molar-refractivity contribution is 0.579. The molecule has 0 fully saturated rings. The molecule has 0 radical (unpaired) electrons. The van der Waals surface area contributed by atoms with E-state index in [1.807, 2.05) is 91.0 Å². The van der Waals surface area contributed by atoms with Gasteiger partial charge in [0, 0.05) is 141 Å². The monoisotopic (exact) mass is 1680 g/mol. The zero-order chi connectivity index (χ0) is 80.6. The Kier molecular flexibility index (Phi) is 26.0. The third kappa shape index (κ3) is 21.8. The van der Waals surface area contributed by atoms with Crippen LogP contribution in [0.15, 0.2) is 273 Å². The molecule has 594 valence electrons. The first-order valence-corrected chi connectivity index (χ1v) is 46.5. The van der Waals surface area contributed by atoms with Crippen molar-refractivity contribution >= 4 is 123 Å². The molecular formula is C80H82ClN19O9S6. The highest BCUT2D eigenvalue weighted by atomic mass is 35.5. The molecule has 0 saturated carbocycles. The van der Waals surface area contributed by atoms with E-state index in [0.717, 1.165) is 69.3 Å². The van der Waals surface area contributed by atoms with Gasteiger partial charge in [-0.05, 0) is 169 Å². The van der Waals surface area contributed by atoms with Gasteiger partial charge in [-0.2, -0.15) is 15.0 Å². The van der Waals surface area contributed by atoms with Gasteiger partial charge >= 0.3 is 0 Å². The molecule has 12 aromatic rings. The Balaban J connectivity index is 0.000000150. The van der Waals surface area contributed by atoms with E-state index < -0.39 is 59.3 Å². The van der Waals surface area contributed by atoms with Gasteiger partial charge < -0.3 is 31.9 Å². The second-order valence-electron chi connectivity index (χ2n) is 26.9. The van der Waals surface area contributed by atoms with Crippen LogP contribution in [0, 0.1) is 14.3 Å². The molecule has 0 saturated heterocycles. The van der Waals surface area contributed by atoms with Gasteiger partial charge in [0.25, 0.3) is 0 Å². The van der Waals surface area contributed by atoms with E-state index >= 15 is 0 Å². The summed E-state index contributed by atoms with van der Waals surface area (Å²) in [5.41, 5.74) is 9.42. The molecule has 28 nitrogen and oxygen atoms in total. The van der Waals surface area contributed by atoms with E-state index in [4.69, 9.17) is 25.9 Å². The van der Waals surface area contributed by atoms with Crippen molar-refractivity contribution in [2.24, 2.45) is 0 Å². The maximum absolute atomic E-state index is 12.9. The van der Waals surface area contributed by atoms with Gasteiger partial charge in [-0.3, -0.25) is 4.98 Å². The number of halogens is 1. The van der Waals surface area contributed by atoms with E-state index in [0.29, 0.717) is 122 Å². The van der Waals surface area contributed by atoms with Crippen molar-refractivity contribution in [1.29, 1.82) is 14.3 Å². The van der Waals surface area contributed by atoms with E-state index in [9.17, 15) is 37.9 Å². The van der Waals surface area contributed by atoms with Crippen LogP contribution in [-0.4, -0.2) is 110 Å². The van der Waals surface area contributed by atoms with Crippen molar-refractivity contribution < 1.29 is 37.9 Å². The highest BCUT2D eigenvalue weighted by Crippen LogP contribution is 2.34. The lowest BCUT2D eigenvalue weighted by atomic mass is 10.1. The number of rotatable bonds is 15. The van der Waals surface area contributed by atoms with Gasteiger partial charge in [0.05, 0.1) is 39.0 Å². The predicted molar refractivity (Wildman–Crippen MR) is 451 cm³/mol. The van der Waals surface area contributed by atoms with Gasteiger partial charge in [0.2, 0.25) is 47.9 Å². The molecule has 12 bridgehead atoms. The summed E-state index contributed by atoms with van der Waals surface area (Å²) < 4.78 is 147. The summed E-state index contributed by atoms with van der Waals surface area (Å²) in [4.78, 5) is 33.3. The van der Waals surface area contributed by atoms with Crippen LogP contribution in [0.25, 0.3) is 33.4 Å². The minimum atomic E-state index is -3.70. The number of fused-ring (bicyclic) bond motifs is 12. The second-order valence-corrected chi connectivity index (χ2v) is 39.3. The number of hydrogen-bond acceptors (Lipinski definition) is 25. The number of hydrogen-bond donors (Lipinski definition) is 12. The zero-order valence-corrected chi connectivity index (χ0v) is 67.5. The molecule has 7 heterocycles. The minimum absolute atomic E-state index is 0.111. The number of aromatic nitrogens is 7. The van der Waals surface area contributed by atoms with Gasteiger partial charge in [-0.15, -0.1) is 0 Å². The molecule has 3 unspecified atom stereocenters. The summed E-state index contributed by atoms with van der Waals surface area (Å²) in [5, 5.41) is 19.9. The lowest BCUT2D eigenvalue weighted by Crippen LogP contribution is -2.23. The van der Waals surface area contributed by atoms with E-state index in [2.05, 4.69) is 81.0 Å². The molecule has 0 spiro atoms. The molecule has 115 heavy (non-hydrogen) atoms. The SMILES string of the molecule is N=S1(=O)CCCCNc2nc(ncc2-c2ccc(CNS(=O)(=O)c3cccc(Cl)c3)cc2)Nc2cccc1c2.N=S1(=O)CCCCNc2nc(ncc2-c2ccc(CNS(=O)(=O)c3ccccc3)cc2)Nc2cccc1c2.N=S1(=O)CCCCNc2nc(ncc2-c2ccc(CNS(=O)(=O)c3cccnc3)cc2)Nc2cccc1c2. The molecule has 12 N–H and O–H groups in total. The molecule has 0 amide bonds. The van der Waals surface area contributed by atoms with Crippen molar-refractivity contribution in [3.63, 3.8) is 0 Å². The molecule has 35 heteroatoms. The van der Waals surface area contributed by atoms with Crippen molar-refractivity contribution in [3.8, 4) is 33.4 Å². The van der Waals surface area contributed by atoms with E-state index in [1.165, 1.54) is 30.6 Å². The number of anilines is 9. The highest BCUT2D eigenvalue weighted by molar-refractivity contribution is 7.93. The third-order valence-electron chi connectivity index (χ3n) is 18.5. The number of nitrogens with one attached hydrogen (secondary N) is 12. The van der Waals surface area contributed by atoms with E-state index in [1.54, 1.807) is 122 Å². The van der Waals surface area contributed by atoms with Crippen LogP contribution in [0.4, 0.5) is 52.4 Å². The fourth-order valence-electron chi connectivity index (χ4n) is 12.3. The molecule has 15 rings (SSSR count). The molecule has 3 aliphatic rings. The summed E-state index contributed by atoms with van der Waals surface area (Å²) in [7, 11) is -19.6. The molecular weight excluding hydrogens is 1600 g/mol. The van der Waals surface area contributed by atoms with Crippen molar-refractivity contribution in [1.82, 2.24) is 49.1 Å². The topological polar surface area (TPSA) is 424 Å². The molecule has 3 atom stereocenters. The Hall–Kier alpha value is -11.2. The maximum Gasteiger partial charge on any atom is 0.242 e. The number of nitrogens with zero attached hydrogens (tertiary/aromatic N) is 7. The molecule has 0 aliphatic carbocycles. The Labute approximate surface area is 674 Å². The Morgan fingerprint density at radius 3 is 1.06 bits per heavy atom. The minimum Gasteiger partial charge on any atom is -0.369 e. The normalized spacial score (nSPS) is 17.6. The third-order valence-corrected chi connectivity index (χ3v) is 28.6. The maximum atomic E-state index is 12.9. The Morgan fingerprint density at radius 1 is 0.365 bits per heavy atom. The summed E-state index contributed by atoms with van der Waals surface area (Å²) in [5.74, 6) is 3.96. The molecule has 4 aromatic heterocycles. The lowest BCUT2D eigenvalue weighted by Gasteiger charge is -2.14. The van der Waals surface area contributed by atoms with Gasteiger partial charge in [-0.25, -0.2) is 81.3 Å². The fraction of sp³-hybridized carbons (Fsp3) is 0.188. The van der Waals surface area contributed by atoms with Crippen molar-refractivity contribution in [3.05, 3.63) is 265 Å². The van der Waals surface area contributed by atoms with Crippen LogP contribution in [-0.2, 0) is 78.9 Å². The van der Waals surface area contributed by atoms with Crippen LogP contribution in [0.2, 0.25) is 5.02 Å². The first-order valence-electron chi connectivity index (χ1n) is 36.5. The summed E-state index contributed by atoms with van der Waals surface area (Å²) in [6.07, 6.45) is 12.2. The number of benzene rings is 8. The molecule has 3 aliphatic heterocycles. The Bertz CT molecular complexity index is 5950.